The summed E-state index contributed by atoms with van der Waals surface area (Å²) < 4.78 is 28.0. The topological polar surface area (TPSA) is 40.6 Å². The summed E-state index contributed by atoms with van der Waals surface area (Å²) in [4.78, 5) is 2.27. The summed E-state index contributed by atoms with van der Waals surface area (Å²) in [5.41, 5.74) is 1.18. The van der Waals surface area contributed by atoms with Gasteiger partial charge in [0.1, 0.15) is 4.21 Å². The van der Waals surface area contributed by atoms with Crippen LogP contribution < -0.4 is 0 Å². The molecule has 7 heteroatoms. The van der Waals surface area contributed by atoms with Gasteiger partial charge in [0.25, 0.3) is 10.0 Å². The van der Waals surface area contributed by atoms with E-state index in [9.17, 15) is 8.42 Å². The first kappa shape index (κ1) is 17.8. The predicted octanol–water partition coefficient (Wildman–Crippen LogP) is 3.53. The summed E-state index contributed by atoms with van der Waals surface area (Å²) >= 11 is 4.59. The Morgan fingerprint density at radius 1 is 1.04 bits per heavy atom. The molecule has 0 aliphatic carbocycles. The molecule has 128 valence electrons. The molecule has 0 spiro atoms. The Kier molecular flexibility index (Phi) is 5.89. The van der Waals surface area contributed by atoms with Gasteiger partial charge in [-0.15, -0.1) is 11.3 Å². The largest absolute Gasteiger partial charge is 0.297 e. The summed E-state index contributed by atoms with van der Waals surface area (Å²) in [6.07, 6.45) is 4.24. The van der Waals surface area contributed by atoms with Crippen molar-refractivity contribution in [3.63, 3.8) is 0 Å². The first-order chi connectivity index (χ1) is 11.6. The van der Waals surface area contributed by atoms with Gasteiger partial charge in [-0.25, -0.2) is 8.42 Å². The fraction of sp³-hybridized carbons (Fsp3) is 0.294. The van der Waals surface area contributed by atoms with Crippen molar-refractivity contribution in [1.82, 2.24) is 9.21 Å². The lowest BCUT2D eigenvalue weighted by Gasteiger charge is -2.33. The molecule has 0 saturated carbocycles. The van der Waals surface area contributed by atoms with E-state index in [4.69, 9.17) is 0 Å². The molecule has 24 heavy (non-hydrogen) atoms. The molecule has 0 unspecified atom stereocenters. The van der Waals surface area contributed by atoms with Gasteiger partial charge in [0.15, 0.2) is 0 Å². The molecular formula is C17H19BrN2O2S2. The number of nitrogens with zero attached hydrogens (tertiary/aromatic N) is 2. The van der Waals surface area contributed by atoms with E-state index >= 15 is 0 Å². The van der Waals surface area contributed by atoms with Gasteiger partial charge in [0.05, 0.1) is 3.79 Å². The Bertz CT molecular complexity index is 795. The maximum Gasteiger partial charge on any atom is 0.252 e. The second kappa shape index (κ2) is 7.93. The van der Waals surface area contributed by atoms with Crippen molar-refractivity contribution in [2.24, 2.45) is 0 Å². The highest BCUT2D eigenvalue weighted by molar-refractivity contribution is 9.11. The number of halogens is 1. The molecule has 3 rings (SSSR count). The zero-order valence-electron chi connectivity index (χ0n) is 13.1. The lowest BCUT2D eigenvalue weighted by Crippen LogP contribution is -2.48. The van der Waals surface area contributed by atoms with E-state index in [0.29, 0.717) is 17.3 Å². The van der Waals surface area contributed by atoms with Crippen LogP contribution in [0.5, 0.6) is 0 Å². The third kappa shape index (κ3) is 4.34. The van der Waals surface area contributed by atoms with Crippen LogP contribution in [0.3, 0.4) is 0 Å². The molecule has 1 fully saturated rings. The monoisotopic (exact) mass is 426 g/mol. The maximum absolute atomic E-state index is 12.6. The molecular weight excluding hydrogens is 408 g/mol. The van der Waals surface area contributed by atoms with Crippen LogP contribution in [0.4, 0.5) is 0 Å². The lowest BCUT2D eigenvalue weighted by molar-refractivity contribution is 0.205. The number of sulfonamides is 1. The van der Waals surface area contributed by atoms with Gasteiger partial charge in [0, 0.05) is 32.7 Å². The second-order valence-corrected chi connectivity index (χ2v) is 10.2. The molecule has 0 atom stereocenters. The van der Waals surface area contributed by atoms with Gasteiger partial charge >= 0.3 is 0 Å². The normalized spacial score (nSPS) is 17.5. The average molecular weight is 427 g/mol. The summed E-state index contributed by atoms with van der Waals surface area (Å²) in [6, 6.07) is 13.6. The molecule has 1 aromatic carbocycles. The standard InChI is InChI=1S/C17H19BrN2O2S2/c18-16-8-9-17(23-16)24(21,22)20-13-11-19(12-14-20)10-4-7-15-5-2-1-3-6-15/h1-9H,10-14H2/b7-4-. The Hall–Kier alpha value is -0.990. The van der Waals surface area contributed by atoms with Crippen LogP contribution in [0.15, 0.2) is 56.5 Å². The number of rotatable bonds is 5. The Morgan fingerprint density at radius 3 is 2.38 bits per heavy atom. The minimum absolute atomic E-state index is 0.409. The quantitative estimate of drug-likeness (QED) is 0.733. The fourth-order valence-electron chi connectivity index (χ4n) is 2.62. The predicted molar refractivity (Wildman–Crippen MR) is 103 cm³/mol. The summed E-state index contributed by atoms with van der Waals surface area (Å²) in [5.74, 6) is 0. The van der Waals surface area contributed by atoms with Gasteiger partial charge in [-0.05, 0) is 33.6 Å². The molecule has 0 bridgehead atoms. The number of thiophene rings is 1. The van der Waals surface area contributed by atoms with Crippen molar-refractivity contribution >= 4 is 43.4 Å². The SMILES string of the molecule is O=S(=O)(c1ccc(Br)s1)N1CCN(C/C=C\c2ccccc2)CC1. The minimum Gasteiger partial charge on any atom is -0.297 e. The van der Waals surface area contributed by atoms with Gasteiger partial charge in [-0.2, -0.15) is 4.31 Å². The maximum atomic E-state index is 12.6. The average Bonchev–Trinajstić information content (AvgIpc) is 3.04. The Morgan fingerprint density at radius 2 is 1.75 bits per heavy atom. The molecule has 1 aromatic heterocycles. The van der Waals surface area contributed by atoms with Crippen LogP contribution in [-0.4, -0.2) is 50.3 Å². The molecule has 4 nitrogen and oxygen atoms in total. The van der Waals surface area contributed by atoms with Crippen LogP contribution in [0, 0.1) is 0 Å². The van der Waals surface area contributed by atoms with E-state index in [1.807, 2.05) is 18.2 Å². The molecule has 2 heterocycles. The molecule has 1 saturated heterocycles. The molecule has 0 N–H and O–H groups in total. The van der Waals surface area contributed by atoms with Crippen LogP contribution in [0.1, 0.15) is 5.56 Å². The van der Waals surface area contributed by atoms with Crippen LogP contribution in [-0.2, 0) is 10.0 Å². The first-order valence-electron chi connectivity index (χ1n) is 7.75. The highest BCUT2D eigenvalue weighted by Crippen LogP contribution is 2.28. The third-order valence-corrected chi connectivity index (χ3v) is 7.94. The summed E-state index contributed by atoms with van der Waals surface area (Å²) in [5, 5.41) is 0. The molecule has 1 aliphatic heterocycles. The smallest absolute Gasteiger partial charge is 0.252 e. The van der Waals surface area contributed by atoms with E-state index in [1.54, 1.807) is 16.4 Å². The van der Waals surface area contributed by atoms with Crippen molar-refractivity contribution in [2.75, 3.05) is 32.7 Å². The van der Waals surface area contributed by atoms with Crippen LogP contribution in [0.2, 0.25) is 0 Å². The minimum atomic E-state index is -3.35. The number of piperazine rings is 1. The van der Waals surface area contributed by atoms with Gasteiger partial charge in [0.2, 0.25) is 0 Å². The van der Waals surface area contributed by atoms with E-state index in [2.05, 4.69) is 45.1 Å². The van der Waals surface area contributed by atoms with Crippen LogP contribution in [0.25, 0.3) is 6.08 Å². The Balaban J connectivity index is 1.53. The molecule has 0 amide bonds. The van der Waals surface area contributed by atoms with E-state index in [0.717, 1.165) is 23.4 Å². The lowest BCUT2D eigenvalue weighted by atomic mass is 10.2. The number of benzene rings is 1. The van der Waals surface area contributed by atoms with Gasteiger partial charge in [-0.3, -0.25) is 4.90 Å². The highest BCUT2D eigenvalue weighted by Gasteiger charge is 2.29. The third-order valence-electron chi connectivity index (χ3n) is 3.95. The van der Waals surface area contributed by atoms with Crippen molar-refractivity contribution in [1.29, 1.82) is 0 Å². The Labute approximate surface area is 155 Å². The van der Waals surface area contributed by atoms with Crippen molar-refractivity contribution < 1.29 is 8.42 Å². The van der Waals surface area contributed by atoms with Crippen LogP contribution >= 0.6 is 27.3 Å². The summed E-state index contributed by atoms with van der Waals surface area (Å²) in [7, 11) is -3.35. The highest BCUT2D eigenvalue weighted by atomic mass is 79.9. The molecule has 1 aliphatic rings. The van der Waals surface area contributed by atoms with E-state index in [1.165, 1.54) is 16.9 Å². The van der Waals surface area contributed by atoms with Crippen molar-refractivity contribution in [2.45, 2.75) is 4.21 Å². The molecule has 2 aromatic rings. The first-order valence-corrected chi connectivity index (χ1v) is 10.8. The van der Waals surface area contributed by atoms with Gasteiger partial charge in [-0.1, -0.05) is 42.5 Å². The van der Waals surface area contributed by atoms with E-state index < -0.39 is 10.0 Å². The molecule has 0 radical (unpaired) electrons. The fourth-order valence-corrected chi connectivity index (χ4v) is 6.20. The zero-order valence-corrected chi connectivity index (χ0v) is 16.4. The number of hydrogen-bond donors (Lipinski definition) is 0. The number of hydrogen-bond acceptors (Lipinski definition) is 4. The summed E-state index contributed by atoms with van der Waals surface area (Å²) in [6.45, 7) is 3.43. The van der Waals surface area contributed by atoms with Crippen molar-refractivity contribution in [3.05, 3.63) is 57.9 Å². The van der Waals surface area contributed by atoms with Gasteiger partial charge < -0.3 is 0 Å². The second-order valence-electron chi connectivity index (χ2n) is 5.58. The zero-order chi connectivity index (χ0) is 17.0. The van der Waals surface area contributed by atoms with E-state index in [-0.39, 0.29) is 0 Å². The van der Waals surface area contributed by atoms with Crippen molar-refractivity contribution in [3.8, 4) is 0 Å².